The van der Waals surface area contributed by atoms with Gasteiger partial charge in [0, 0.05) is 18.2 Å². The number of aliphatic imine (C=N–C) groups is 1. The third-order valence-electron chi connectivity index (χ3n) is 4.40. The Bertz CT molecular complexity index is 685. The second-order valence-electron chi connectivity index (χ2n) is 6.36. The Balaban J connectivity index is 0.00000364. The van der Waals surface area contributed by atoms with Gasteiger partial charge in [-0.25, -0.2) is 9.38 Å². The smallest absolute Gasteiger partial charge is 0.357 e. The molecule has 9 heteroatoms. The van der Waals surface area contributed by atoms with Gasteiger partial charge in [0.2, 0.25) is 0 Å². The molecular weight excluding hydrogens is 475 g/mol. The van der Waals surface area contributed by atoms with Gasteiger partial charge in [-0.05, 0) is 44.4 Å². The molecule has 0 aromatic heterocycles. The highest BCUT2D eigenvalue weighted by Crippen LogP contribution is 2.37. The van der Waals surface area contributed by atoms with Crippen LogP contribution in [0.3, 0.4) is 0 Å². The van der Waals surface area contributed by atoms with E-state index in [-0.39, 0.29) is 55.0 Å². The van der Waals surface area contributed by atoms with E-state index in [9.17, 15) is 17.6 Å². The maximum Gasteiger partial charge on any atom is 0.391 e. The number of benzene rings is 1. The number of rotatable bonds is 4. The molecule has 0 spiro atoms. The number of guanidine groups is 1. The van der Waals surface area contributed by atoms with Crippen LogP contribution in [0.15, 0.2) is 23.2 Å². The molecule has 1 aliphatic rings. The number of hydrogen-bond acceptors (Lipinski definition) is 2. The molecule has 2 unspecified atom stereocenters. The van der Waals surface area contributed by atoms with E-state index in [0.717, 1.165) is 0 Å². The van der Waals surface area contributed by atoms with E-state index in [1.54, 1.807) is 0 Å². The summed E-state index contributed by atoms with van der Waals surface area (Å²) in [6.45, 7) is 2.36. The van der Waals surface area contributed by atoms with Gasteiger partial charge < -0.3 is 10.6 Å². The standard InChI is InChI=1S/C18H22F4N4.HI/c1-2-24-17(25-11-13-8-12(10-23)6-7-16(13)19)26-15-5-3-4-14(9-15)18(20,21)22;/h6-8,14-15H,2-5,9,11H2,1H3,(H2,24,25,26);1H. The van der Waals surface area contributed by atoms with Gasteiger partial charge in [-0.15, -0.1) is 24.0 Å². The predicted molar refractivity (Wildman–Crippen MR) is 106 cm³/mol. The van der Waals surface area contributed by atoms with Gasteiger partial charge in [0.05, 0.1) is 24.1 Å². The fourth-order valence-electron chi connectivity index (χ4n) is 3.06. The summed E-state index contributed by atoms with van der Waals surface area (Å²) >= 11 is 0. The Labute approximate surface area is 173 Å². The van der Waals surface area contributed by atoms with Crippen molar-refractivity contribution in [3.05, 3.63) is 35.1 Å². The van der Waals surface area contributed by atoms with Crippen LogP contribution in [0.1, 0.15) is 43.7 Å². The van der Waals surface area contributed by atoms with Crippen LogP contribution < -0.4 is 10.6 Å². The first kappa shape index (κ1) is 23.5. The summed E-state index contributed by atoms with van der Waals surface area (Å²) in [4.78, 5) is 4.27. The van der Waals surface area contributed by atoms with Crippen molar-refractivity contribution in [2.24, 2.45) is 10.9 Å². The molecule has 1 aromatic carbocycles. The zero-order valence-electron chi connectivity index (χ0n) is 14.9. The molecular formula is C18H23F4IN4. The lowest BCUT2D eigenvalue weighted by Crippen LogP contribution is -2.46. The van der Waals surface area contributed by atoms with Crippen LogP contribution in [0.4, 0.5) is 17.6 Å². The lowest BCUT2D eigenvalue weighted by molar-refractivity contribution is -0.183. The van der Waals surface area contributed by atoms with Crippen LogP contribution in [0, 0.1) is 23.1 Å². The number of hydrogen-bond donors (Lipinski definition) is 2. The van der Waals surface area contributed by atoms with Crippen LogP contribution >= 0.6 is 24.0 Å². The first-order chi connectivity index (χ1) is 12.3. The summed E-state index contributed by atoms with van der Waals surface area (Å²) < 4.78 is 52.7. The molecule has 1 saturated carbocycles. The molecule has 4 nitrogen and oxygen atoms in total. The molecule has 0 radical (unpaired) electrons. The molecule has 0 bridgehead atoms. The maximum atomic E-state index is 13.8. The summed E-state index contributed by atoms with van der Waals surface area (Å²) in [5.74, 6) is -1.43. The van der Waals surface area contributed by atoms with Gasteiger partial charge in [-0.1, -0.05) is 6.42 Å². The summed E-state index contributed by atoms with van der Waals surface area (Å²) in [6, 6.07) is 5.62. The summed E-state index contributed by atoms with van der Waals surface area (Å²) in [5.41, 5.74) is 0.591. The molecule has 0 aliphatic heterocycles. The summed E-state index contributed by atoms with van der Waals surface area (Å²) in [5, 5.41) is 14.9. The number of nitrogens with one attached hydrogen (secondary N) is 2. The minimum absolute atomic E-state index is 0. The van der Waals surface area contributed by atoms with Gasteiger partial charge in [0.1, 0.15) is 5.82 Å². The van der Waals surface area contributed by atoms with Gasteiger partial charge in [0.15, 0.2) is 5.96 Å². The highest BCUT2D eigenvalue weighted by Gasteiger charge is 2.42. The van der Waals surface area contributed by atoms with Crippen molar-refractivity contribution in [2.45, 2.75) is 51.4 Å². The topological polar surface area (TPSA) is 60.2 Å². The fourth-order valence-corrected chi connectivity index (χ4v) is 3.06. The van der Waals surface area contributed by atoms with Gasteiger partial charge in [0.25, 0.3) is 0 Å². The molecule has 0 saturated heterocycles. The highest BCUT2D eigenvalue weighted by molar-refractivity contribution is 14.0. The van der Waals surface area contributed by atoms with E-state index in [4.69, 9.17) is 5.26 Å². The number of halogens is 5. The van der Waals surface area contributed by atoms with Gasteiger partial charge in [-0.3, -0.25) is 0 Å². The van der Waals surface area contributed by atoms with Crippen LogP contribution in [-0.4, -0.2) is 24.7 Å². The molecule has 2 atom stereocenters. The average Bonchev–Trinajstić information content (AvgIpc) is 2.60. The first-order valence-electron chi connectivity index (χ1n) is 8.63. The Hall–Kier alpha value is -1.57. The third kappa shape index (κ3) is 7.16. The van der Waals surface area contributed by atoms with Crippen molar-refractivity contribution in [3.63, 3.8) is 0 Å². The lowest BCUT2D eigenvalue weighted by atomic mass is 9.85. The highest BCUT2D eigenvalue weighted by atomic mass is 127. The van der Waals surface area contributed by atoms with Crippen molar-refractivity contribution in [2.75, 3.05) is 6.54 Å². The number of nitriles is 1. The van der Waals surface area contributed by atoms with E-state index in [1.807, 2.05) is 13.0 Å². The Kier molecular flexibility index (Phi) is 9.29. The molecule has 1 aromatic rings. The van der Waals surface area contributed by atoms with Crippen molar-refractivity contribution in [1.29, 1.82) is 5.26 Å². The SMILES string of the molecule is CCNC(=NCc1cc(C#N)ccc1F)NC1CCCC(C(F)(F)F)C1.I. The Morgan fingerprint density at radius 2 is 2.07 bits per heavy atom. The van der Waals surface area contributed by atoms with Gasteiger partial charge in [-0.2, -0.15) is 18.4 Å². The number of nitrogens with zero attached hydrogens (tertiary/aromatic N) is 2. The second-order valence-corrected chi connectivity index (χ2v) is 6.36. The van der Waals surface area contributed by atoms with Gasteiger partial charge >= 0.3 is 6.18 Å². The van der Waals surface area contributed by atoms with E-state index in [2.05, 4.69) is 15.6 Å². The largest absolute Gasteiger partial charge is 0.391 e. The normalized spacial score (nSPS) is 20.4. The molecule has 2 rings (SSSR count). The minimum Gasteiger partial charge on any atom is -0.357 e. The van der Waals surface area contributed by atoms with Crippen LogP contribution in [0.2, 0.25) is 0 Å². The molecule has 2 N–H and O–H groups in total. The molecule has 1 fully saturated rings. The Morgan fingerprint density at radius 3 is 2.70 bits per heavy atom. The van der Waals surface area contributed by atoms with Crippen LogP contribution in [0.25, 0.3) is 0 Å². The zero-order valence-corrected chi connectivity index (χ0v) is 17.3. The van der Waals surface area contributed by atoms with Crippen molar-refractivity contribution in [3.8, 4) is 6.07 Å². The maximum absolute atomic E-state index is 13.8. The van der Waals surface area contributed by atoms with E-state index in [0.29, 0.717) is 30.9 Å². The lowest BCUT2D eigenvalue weighted by Gasteiger charge is -2.31. The predicted octanol–water partition coefficient (Wildman–Crippen LogP) is 4.49. The zero-order chi connectivity index (χ0) is 19.2. The summed E-state index contributed by atoms with van der Waals surface area (Å²) in [7, 11) is 0. The van der Waals surface area contributed by atoms with Crippen LogP contribution in [-0.2, 0) is 6.54 Å². The monoisotopic (exact) mass is 498 g/mol. The van der Waals surface area contributed by atoms with Crippen molar-refractivity contribution >= 4 is 29.9 Å². The van der Waals surface area contributed by atoms with E-state index < -0.39 is 17.9 Å². The second kappa shape index (κ2) is 10.7. The molecule has 150 valence electrons. The molecule has 0 amide bonds. The van der Waals surface area contributed by atoms with Crippen molar-refractivity contribution < 1.29 is 17.6 Å². The molecule has 27 heavy (non-hydrogen) atoms. The quantitative estimate of drug-likeness (QED) is 0.279. The first-order valence-corrected chi connectivity index (χ1v) is 8.63. The summed E-state index contributed by atoms with van der Waals surface area (Å²) in [6.07, 6.45) is -2.89. The van der Waals surface area contributed by atoms with Crippen molar-refractivity contribution in [1.82, 2.24) is 10.6 Å². The minimum atomic E-state index is -4.18. The molecule has 1 aliphatic carbocycles. The third-order valence-corrected chi connectivity index (χ3v) is 4.40. The fraction of sp³-hybridized carbons (Fsp3) is 0.556. The molecule has 0 heterocycles. The van der Waals surface area contributed by atoms with E-state index >= 15 is 0 Å². The average molecular weight is 498 g/mol. The number of alkyl halides is 3. The Morgan fingerprint density at radius 1 is 1.33 bits per heavy atom. The van der Waals surface area contributed by atoms with E-state index in [1.165, 1.54) is 18.2 Å². The van der Waals surface area contributed by atoms with Crippen LogP contribution in [0.5, 0.6) is 0 Å².